The van der Waals surface area contributed by atoms with Crippen molar-refractivity contribution in [2.75, 3.05) is 0 Å². The first-order valence-corrected chi connectivity index (χ1v) is 7.94. The number of hydrogen-bond acceptors (Lipinski definition) is 4. The van der Waals surface area contributed by atoms with Crippen molar-refractivity contribution >= 4 is 38.9 Å². The van der Waals surface area contributed by atoms with Crippen molar-refractivity contribution in [1.82, 2.24) is 0 Å². The van der Waals surface area contributed by atoms with Crippen LogP contribution in [0, 0.1) is 11.3 Å². The molecule has 0 aliphatic carbocycles. The summed E-state index contributed by atoms with van der Waals surface area (Å²) >= 11 is 7.08. The zero-order chi connectivity index (χ0) is 13.9. The first-order valence-electron chi connectivity index (χ1n) is 5.20. The van der Waals surface area contributed by atoms with Gasteiger partial charge in [-0.25, -0.2) is 8.42 Å². The van der Waals surface area contributed by atoms with Crippen LogP contribution in [0.15, 0.2) is 51.6 Å². The molecule has 2 aromatic rings. The molecule has 0 unspecified atom stereocenters. The van der Waals surface area contributed by atoms with Gasteiger partial charge in [-0.05, 0) is 41.8 Å². The third-order valence-corrected chi connectivity index (χ3v) is 5.09. The van der Waals surface area contributed by atoms with Crippen LogP contribution in [0.3, 0.4) is 0 Å². The van der Waals surface area contributed by atoms with Gasteiger partial charge in [0.15, 0.2) is 4.91 Å². The van der Waals surface area contributed by atoms with E-state index in [-0.39, 0.29) is 9.80 Å². The Bertz CT molecular complexity index is 739. The Labute approximate surface area is 120 Å². The molecule has 0 N–H and O–H groups in total. The Morgan fingerprint density at radius 2 is 1.95 bits per heavy atom. The molecule has 0 atom stereocenters. The molecule has 96 valence electrons. The number of benzene rings is 1. The Kier molecular flexibility index (Phi) is 4.05. The predicted molar refractivity (Wildman–Crippen MR) is 76.5 cm³/mol. The van der Waals surface area contributed by atoms with Crippen LogP contribution in [-0.4, -0.2) is 8.42 Å². The van der Waals surface area contributed by atoms with Crippen molar-refractivity contribution in [3.63, 3.8) is 0 Å². The smallest absolute Gasteiger partial charge is 0.216 e. The second-order valence-electron chi connectivity index (χ2n) is 3.59. The summed E-state index contributed by atoms with van der Waals surface area (Å²) in [4.78, 5) is 0.493. The summed E-state index contributed by atoms with van der Waals surface area (Å²) < 4.78 is 24.5. The Balaban J connectivity index is 2.49. The number of nitrogens with zero attached hydrogens (tertiary/aromatic N) is 1. The van der Waals surface area contributed by atoms with Gasteiger partial charge in [0.25, 0.3) is 0 Å². The van der Waals surface area contributed by atoms with E-state index in [1.165, 1.54) is 41.7 Å². The third kappa shape index (κ3) is 3.04. The predicted octanol–water partition coefficient (Wildman–Crippen LogP) is 3.74. The van der Waals surface area contributed by atoms with Crippen molar-refractivity contribution in [3.05, 3.63) is 56.6 Å². The monoisotopic (exact) mass is 309 g/mol. The van der Waals surface area contributed by atoms with E-state index in [4.69, 9.17) is 16.9 Å². The summed E-state index contributed by atoms with van der Waals surface area (Å²) in [7, 11) is -3.80. The van der Waals surface area contributed by atoms with E-state index in [9.17, 15) is 8.42 Å². The fourth-order valence-electron chi connectivity index (χ4n) is 1.41. The van der Waals surface area contributed by atoms with E-state index in [2.05, 4.69) is 0 Å². The highest BCUT2D eigenvalue weighted by Gasteiger charge is 2.20. The Morgan fingerprint density at radius 3 is 2.47 bits per heavy atom. The molecule has 0 radical (unpaired) electrons. The summed E-state index contributed by atoms with van der Waals surface area (Å²) in [5, 5.41) is 11.3. The molecule has 2 rings (SSSR count). The lowest BCUT2D eigenvalue weighted by atomic mass is 10.4. The second-order valence-corrected chi connectivity index (χ2v) is 6.93. The van der Waals surface area contributed by atoms with Gasteiger partial charge in [0.2, 0.25) is 9.84 Å². The molecule has 1 aromatic heterocycles. The van der Waals surface area contributed by atoms with Gasteiger partial charge in [-0.3, -0.25) is 0 Å². The van der Waals surface area contributed by atoms with Crippen LogP contribution in [0.25, 0.3) is 6.08 Å². The van der Waals surface area contributed by atoms with E-state index >= 15 is 0 Å². The molecule has 19 heavy (non-hydrogen) atoms. The van der Waals surface area contributed by atoms with Crippen LogP contribution in [0.2, 0.25) is 5.02 Å². The minimum atomic E-state index is -3.80. The molecular formula is C13H8ClNO2S2. The van der Waals surface area contributed by atoms with Crippen LogP contribution in [0.1, 0.15) is 4.88 Å². The highest BCUT2D eigenvalue weighted by Crippen LogP contribution is 2.23. The summed E-state index contributed by atoms with van der Waals surface area (Å²) in [6.45, 7) is 0. The van der Waals surface area contributed by atoms with Gasteiger partial charge in [0.05, 0.1) is 4.90 Å². The van der Waals surface area contributed by atoms with E-state index in [1.54, 1.807) is 18.2 Å². The first kappa shape index (κ1) is 13.8. The molecule has 0 amide bonds. The van der Waals surface area contributed by atoms with Gasteiger partial charge in [0.1, 0.15) is 6.07 Å². The van der Waals surface area contributed by atoms with Crippen LogP contribution >= 0.6 is 22.9 Å². The van der Waals surface area contributed by atoms with Crippen molar-refractivity contribution in [2.45, 2.75) is 4.90 Å². The van der Waals surface area contributed by atoms with Gasteiger partial charge in [-0.2, -0.15) is 5.26 Å². The SMILES string of the molecule is N#C/C(=C\c1cccs1)S(=O)(=O)c1ccc(Cl)cc1. The topological polar surface area (TPSA) is 57.9 Å². The standard InChI is InChI=1S/C13H8ClNO2S2/c14-10-3-5-12(6-4-10)19(16,17)13(9-15)8-11-2-1-7-18-11/h1-8H/b13-8+. The third-order valence-electron chi connectivity index (χ3n) is 2.34. The zero-order valence-corrected chi connectivity index (χ0v) is 12.0. The number of allylic oxidation sites excluding steroid dienone is 1. The number of halogens is 1. The summed E-state index contributed by atoms with van der Waals surface area (Å²) in [5.74, 6) is 0. The molecule has 0 aliphatic rings. The zero-order valence-electron chi connectivity index (χ0n) is 9.58. The van der Waals surface area contributed by atoms with Crippen LogP contribution < -0.4 is 0 Å². The molecule has 1 heterocycles. The van der Waals surface area contributed by atoms with Crippen molar-refractivity contribution in [1.29, 1.82) is 5.26 Å². The molecule has 0 bridgehead atoms. The minimum Gasteiger partial charge on any atom is -0.218 e. The molecule has 0 saturated carbocycles. The maximum atomic E-state index is 12.3. The van der Waals surface area contributed by atoms with Crippen molar-refractivity contribution < 1.29 is 8.42 Å². The van der Waals surface area contributed by atoms with Gasteiger partial charge < -0.3 is 0 Å². The van der Waals surface area contributed by atoms with Crippen LogP contribution in [-0.2, 0) is 9.84 Å². The lowest BCUT2D eigenvalue weighted by Crippen LogP contribution is -2.03. The summed E-state index contributed by atoms with van der Waals surface area (Å²) in [6, 6.07) is 11.0. The molecule has 0 fully saturated rings. The molecular weight excluding hydrogens is 302 g/mol. The Morgan fingerprint density at radius 1 is 1.26 bits per heavy atom. The number of thiophene rings is 1. The van der Waals surface area contributed by atoms with Gasteiger partial charge in [-0.1, -0.05) is 17.7 Å². The molecule has 6 heteroatoms. The number of sulfone groups is 1. The molecule has 0 saturated heterocycles. The molecule has 3 nitrogen and oxygen atoms in total. The highest BCUT2D eigenvalue weighted by atomic mass is 35.5. The molecule has 1 aromatic carbocycles. The number of hydrogen-bond donors (Lipinski definition) is 0. The van der Waals surface area contributed by atoms with E-state index in [1.807, 2.05) is 5.38 Å². The van der Waals surface area contributed by atoms with E-state index in [0.717, 1.165) is 0 Å². The van der Waals surface area contributed by atoms with E-state index < -0.39 is 9.84 Å². The van der Waals surface area contributed by atoms with Crippen molar-refractivity contribution in [3.8, 4) is 6.07 Å². The number of nitriles is 1. The molecule has 0 aliphatic heterocycles. The lowest BCUT2D eigenvalue weighted by Gasteiger charge is -2.02. The quantitative estimate of drug-likeness (QED) is 0.811. The highest BCUT2D eigenvalue weighted by molar-refractivity contribution is 7.95. The summed E-state index contributed by atoms with van der Waals surface area (Å²) in [5.41, 5.74) is 0. The van der Waals surface area contributed by atoms with Crippen molar-refractivity contribution in [2.24, 2.45) is 0 Å². The van der Waals surface area contributed by atoms with Gasteiger partial charge in [-0.15, -0.1) is 11.3 Å². The normalized spacial score (nSPS) is 12.1. The largest absolute Gasteiger partial charge is 0.218 e. The molecule has 0 spiro atoms. The van der Waals surface area contributed by atoms with Gasteiger partial charge >= 0.3 is 0 Å². The average Bonchev–Trinajstić information content (AvgIpc) is 2.89. The average molecular weight is 310 g/mol. The lowest BCUT2D eigenvalue weighted by molar-refractivity contribution is 0.603. The maximum absolute atomic E-state index is 12.3. The Hall–Kier alpha value is -1.61. The van der Waals surface area contributed by atoms with E-state index in [0.29, 0.717) is 9.90 Å². The first-order chi connectivity index (χ1) is 9.04. The van der Waals surface area contributed by atoms with Crippen LogP contribution in [0.4, 0.5) is 0 Å². The fourth-order valence-corrected chi connectivity index (χ4v) is 3.42. The maximum Gasteiger partial charge on any atom is 0.216 e. The fraction of sp³-hybridized carbons (Fsp3) is 0. The summed E-state index contributed by atoms with van der Waals surface area (Å²) in [6.07, 6.45) is 1.37. The van der Waals surface area contributed by atoms with Gasteiger partial charge in [0, 0.05) is 9.90 Å². The van der Waals surface area contributed by atoms with Crippen LogP contribution in [0.5, 0.6) is 0 Å². The second kappa shape index (κ2) is 5.57. The number of rotatable bonds is 3. The minimum absolute atomic E-state index is 0.0567.